The van der Waals surface area contributed by atoms with Crippen LogP contribution < -0.4 is 5.73 Å². The first-order valence-corrected chi connectivity index (χ1v) is 29.0. The third-order valence-corrected chi connectivity index (χ3v) is 21.0. The molecule has 3 saturated carbocycles. The number of amides is 3. The Morgan fingerprint density at radius 2 is 0.861 bits per heavy atom. The average Bonchev–Trinajstić information content (AvgIpc) is 4.27. The number of rotatable bonds is 6. The van der Waals surface area contributed by atoms with Crippen molar-refractivity contribution in [2.24, 2.45) is 37.0 Å². The summed E-state index contributed by atoms with van der Waals surface area (Å²) >= 11 is 0. The lowest BCUT2D eigenvalue weighted by Crippen LogP contribution is -2.51. The molecule has 3 fully saturated rings. The summed E-state index contributed by atoms with van der Waals surface area (Å²) in [6, 6.07) is 19.9. The van der Waals surface area contributed by atoms with Crippen LogP contribution in [0.5, 0.6) is 0 Å². The normalized spacial score (nSPS) is 32.9. The highest BCUT2D eigenvalue weighted by Crippen LogP contribution is 2.65. The number of nitrogens with two attached hydrogens (primary N) is 1. The second-order valence-electron chi connectivity index (χ2n) is 25.5. The summed E-state index contributed by atoms with van der Waals surface area (Å²) in [6.07, 6.45) is 15.4. The molecule has 3 aromatic rings. The van der Waals surface area contributed by atoms with Gasteiger partial charge in [0.05, 0.1) is 18.3 Å². The maximum Gasteiger partial charge on any atom is 0.262 e. The van der Waals surface area contributed by atoms with Crippen LogP contribution >= 0.6 is 0 Å². The second-order valence-corrected chi connectivity index (χ2v) is 25.5. The summed E-state index contributed by atoms with van der Waals surface area (Å²) in [6.45, 7) is 18.8. The van der Waals surface area contributed by atoms with Gasteiger partial charge in [-0.3, -0.25) is 29.3 Å². The van der Waals surface area contributed by atoms with E-state index in [0.29, 0.717) is 30.0 Å². The number of hydrogen-bond donors (Lipinski definition) is 1. The van der Waals surface area contributed by atoms with Crippen LogP contribution in [0.25, 0.3) is 5.57 Å². The number of hydrogen-bond acceptors (Lipinski definition) is 10. The van der Waals surface area contributed by atoms with Crippen molar-refractivity contribution >= 4 is 40.9 Å². The summed E-state index contributed by atoms with van der Waals surface area (Å²) in [7, 11) is 10.8. The van der Waals surface area contributed by atoms with Crippen LogP contribution in [0.1, 0.15) is 195 Å². The quantitative estimate of drug-likeness (QED) is 0.258. The molecule has 79 heavy (non-hydrogen) atoms. The number of benzene rings is 3. The maximum absolute atomic E-state index is 13.6. The van der Waals surface area contributed by atoms with E-state index in [-0.39, 0.29) is 47.5 Å². The van der Waals surface area contributed by atoms with Crippen LogP contribution in [0.4, 0.5) is 0 Å². The molecule has 12 rings (SSSR count). The second kappa shape index (κ2) is 21.1. The van der Waals surface area contributed by atoms with Gasteiger partial charge in [0.15, 0.2) is 22.6 Å². The first kappa shape index (κ1) is 58.2. The van der Waals surface area contributed by atoms with Gasteiger partial charge in [0.25, 0.3) is 17.7 Å². The lowest BCUT2D eigenvalue weighted by Gasteiger charge is -2.45. The van der Waals surface area contributed by atoms with Crippen LogP contribution in [-0.2, 0) is 64.5 Å². The molecule has 3 heterocycles. The van der Waals surface area contributed by atoms with Crippen molar-refractivity contribution in [3.8, 4) is 0 Å². The van der Waals surface area contributed by atoms with Crippen molar-refractivity contribution in [2.45, 2.75) is 199 Å². The maximum atomic E-state index is 13.6. The van der Waals surface area contributed by atoms with Crippen molar-refractivity contribution in [3.05, 3.63) is 111 Å². The molecule has 3 atom stereocenters. The van der Waals surface area contributed by atoms with E-state index in [1.807, 2.05) is 34.9 Å². The van der Waals surface area contributed by atoms with Crippen LogP contribution in [0.15, 0.2) is 76.2 Å². The Morgan fingerprint density at radius 3 is 1.14 bits per heavy atom. The number of nitrogens with zero attached hydrogens (tertiary/aromatic N) is 6. The fourth-order valence-electron chi connectivity index (χ4n) is 16.0. The molecule has 3 aromatic carbocycles. The molecule has 3 aliphatic heterocycles. The molecule has 3 unspecified atom stereocenters. The third-order valence-electron chi connectivity index (χ3n) is 21.0. The third kappa shape index (κ3) is 8.62. The minimum Gasteiger partial charge on any atom is -0.381 e. The monoisotopic (exact) mass is 1080 g/mol. The largest absolute Gasteiger partial charge is 0.381 e. The van der Waals surface area contributed by atoms with E-state index < -0.39 is 16.6 Å². The SMILES string of the molecule is C.C=C(C)c1ccc2c(c1)C1(N=C(C)N(C)C1=O)C1(CCC(OC)CC1)C2.COC1CCC2(CC1)Cc1ccc(C(C)C)cc1C21N=C(C)N(C)C1=O.COC1CCC2(CC1)Cc1ccc(C(C)C)cc1C21N=C(N)N(C)C1=O. The van der Waals surface area contributed by atoms with Gasteiger partial charge in [-0.2, -0.15) is 0 Å². The molecule has 13 nitrogen and oxygen atoms in total. The van der Waals surface area contributed by atoms with Gasteiger partial charge in [0.1, 0.15) is 11.7 Å². The van der Waals surface area contributed by atoms with Gasteiger partial charge in [-0.1, -0.05) is 95.8 Å². The highest BCUT2D eigenvalue weighted by atomic mass is 16.5. The number of methoxy groups -OCH3 is 3. The van der Waals surface area contributed by atoms with E-state index in [4.69, 9.17) is 34.9 Å². The van der Waals surface area contributed by atoms with E-state index in [1.54, 1.807) is 43.1 Å². The Bertz CT molecular complexity index is 2870. The summed E-state index contributed by atoms with van der Waals surface area (Å²) < 4.78 is 16.8. The minimum absolute atomic E-state index is 0. The van der Waals surface area contributed by atoms with Crippen molar-refractivity contribution in [1.82, 2.24) is 14.7 Å². The summed E-state index contributed by atoms with van der Waals surface area (Å²) in [5.74, 6) is 3.17. The Morgan fingerprint density at radius 1 is 0.544 bits per heavy atom. The topological polar surface area (TPSA) is 152 Å². The zero-order valence-electron chi connectivity index (χ0n) is 49.1. The van der Waals surface area contributed by atoms with Crippen LogP contribution in [0, 0.1) is 16.2 Å². The lowest BCUT2D eigenvalue weighted by atomic mass is 9.61. The van der Waals surface area contributed by atoms with Crippen LogP contribution in [0.3, 0.4) is 0 Å². The molecule has 0 aromatic heterocycles. The number of amidine groups is 2. The minimum atomic E-state index is -0.856. The van der Waals surface area contributed by atoms with Crippen molar-refractivity contribution in [2.75, 3.05) is 42.5 Å². The van der Waals surface area contributed by atoms with E-state index >= 15 is 0 Å². The summed E-state index contributed by atoms with van der Waals surface area (Å²) in [5, 5.41) is 0. The predicted octanol–water partition coefficient (Wildman–Crippen LogP) is 11.5. The van der Waals surface area contributed by atoms with Gasteiger partial charge in [-0.05, 0) is 185 Å². The Labute approximate surface area is 471 Å². The van der Waals surface area contributed by atoms with Crippen molar-refractivity contribution < 1.29 is 28.6 Å². The van der Waals surface area contributed by atoms with E-state index in [9.17, 15) is 14.4 Å². The predicted molar refractivity (Wildman–Crippen MR) is 316 cm³/mol. The van der Waals surface area contributed by atoms with Gasteiger partial charge in [-0.25, -0.2) is 4.99 Å². The van der Waals surface area contributed by atoms with Gasteiger partial charge < -0.3 is 29.7 Å². The molecular formula is C66H91N7O6. The van der Waals surface area contributed by atoms with Gasteiger partial charge in [0.2, 0.25) is 0 Å². The number of likely N-dealkylation sites (N-methyl/N-ethyl adjacent to an activating group) is 3. The van der Waals surface area contributed by atoms with Crippen LogP contribution in [-0.4, -0.2) is 111 Å². The van der Waals surface area contributed by atoms with E-state index in [2.05, 4.69) is 88.9 Å². The summed E-state index contributed by atoms with van der Waals surface area (Å²) in [5.41, 5.74) is 15.2. The molecule has 0 radical (unpaired) electrons. The number of aliphatic imine (C=N–C) groups is 3. The molecule has 2 N–H and O–H groups in total. The van der Waals surface area contributed by atoms with E-state index in [1.165, 1.54) is 27.8 Å². The number of carbonyl (C=O) groups excluding carboxylic acids is 3. The Hall–Kier alpha value is -5.50. The molecule has 9 aliphatic rings. The zero-order valence-corrected chi connectivity index (χ0v) is 49.1. The number of carbonyl (C=O) groups is 3. The molecule has 6 aliphatic carbocycles. The first-order chi connectivity index (χ1) is 37.0. The smallest absolute Gasteiger partial charge is 0.262 e. The number of fused-ring (bicyclic) bond motifs is 9. The van der Waals surface area contributed by atoms with Crippen molar-refractivity contribution in [1.29, 1.82) is 0 Å². The Kier molecular flexibility index (Phi) is 15.5. The van der Waals surface area contributed by atoms with Gasteiger partial charge in [-0.15, -0.1) is 0 Å². The highest BCUT2D eigenvalue weighted by molar-refractivity contribution is 6.10. The molecule has 0 bridgehead atoms. The van der Waals surface area contributed by atoms with Gasteiger partial charge in [0, 0.05) is 58.7 Å². The molecule has 426 valence electrons. The number of ether oxygens (including phenoxy) is 3. The molecule has 3 amide bonds. The first-order valence-electron chi connectivity index (χ1n) is 29.0. The molecule has 13 heteroatoms. The number of allylic oxidation sites excluding steroid dienone is 1. The molecule has 6 spiro atoms. The lowest BCUT2D eigenvalue weighted by molar-refractivity contribution is -0.138. The Balaban J connectivity index is 0.000000143. The average molecular weight is 1080 g/mol. The summed E-state index contributed by atoms with van der Waals surface area (Å²) in [4.78, 5) is 60.8. The molecular weight excluding hydrogens is 987 g/mol. The fourth-order valence-corrected chi connectivity index (χ4v) is 16.0. The van der Waals surface area contributed by atoms with Crippen molar-refractivity contribution in [3.63, 3.8) is 0 Å². The number of guanidine groups is 1. The zero-order chi connectivity index (χ0) is 56.1. The highest BCUT2D eigenvalue weighted by Gasteiger charge is 2.69. The fraction of sp³-hybridized carbons (Fsp3) is 0.606. The van der Waals surface area contributed by atoms with E-state index in [0.717, 1.165) is 136 Å². The standard InChI is InChI=1S/C22H30N2O2.C22H28N2O2.C21H29N3O2.CH4/c2*1-14(2)16-6-7-17-13-21(10-8-18(26-5)9-11-21)22(19(17)12-16)20(25)24(4)15(3)23-22;1-13(2)14-5-6-15-12-20(9-7-16(26-4)8-10-20)21(17(15)11-14)18(25)24(3)19(22)23-21;/h6-7,12,14,18H,8-11,13H2,1-5H3;6-7,12,18H,1,8-11,13H2,2-5H3;5-6,11,13,16H,7-10,12H2,1-4H3,(H2,22,23);1H4. The van der Waals surface area contributed by atoms with Gasteiger partial charge >= 0.3 is 0 Å². The van der Waals surface area contributed by atoms with Crippen LogP contribution in [0.2, 0.25) is 0 Å². The molecule has 0 saturated heterocycles.